The second kappa shape index (κ2) is 12.5. The average Bonchev–Trinajstić information content (AvgIpc) is 3.18. The van der Waals surface area contributed by atoms with Crippen LogP contribution >= 0.6 is 39.6 Å². The van der Waals surface area contributed by atoms with Crippen LogP contribution in [-0.2, 0) is 14.9 Å². The number of ether oxygens (including phenoxy) is 1. The van der Waals surface area contributed by atoms with Crippen molar-refractivity contribution < 1.29 is 18.7 Å². The van der Waals surface area contributed by atoms with Crippen LogP contribution in [0.5, 0.6) is 0 Å². The summed E-state index contributed by atoms with van der Waals surface area (Å²) in [6.07, 6.45) is 11.6. The molecule has 4 rings (SSSR count). The van der Waals surface area contributed by atoms with Crippen molar-refractivity contribution in [3.05, 3.63) is 66.0 Å². The van der Waals surface area contributed by atoms with Crippen LogP contribution in [0.25, 0.3) is 0 Å². The van der Waals surface area contributed by atoms with Gasteiger partial charge in [-0.3, -0.25) is 0 Å². The normalized spacial score (nSPS) is 22.2. The number of nitrogens with zero attached hydrogens (tertiary/aromatic N) is 1. The van der Waals surface area contributed by atoms with Crippen molar-refractivity contribution in [2.24, 2.45) is 5.92 Å². The first-order valence-electron chi connectivity index (χ1n) is 12.8. The van der Waals surface area contributed by atoms with Crippen molar-refractivity contribution >= 4 is 55.2 Å². The van der Waals surface area contributed by atoms with Crippen molar-refractivity contribution in [2.75, 3.05) is 40.2 Å². The molecule has 0 radical (unpaired) electrons. The zero-order valence-electron chi connectivity index (χ0n) is 21.4. The summed E-state index contributed by atoms with van der Waals surface area (Å²) < 4.78 is 26.0. The third-order valence-electron chi connectivity index (χ3n) is 7.50. The maximum absolute atomic E-state index is 14.4. The molecule has 0 atom stereocenters. The third-order valence-corrected chi connectivity index (χ3v) is 19.5. The molecule has 1 aromatic carbocycles. The van der Waals surface area contributed by atoms with E-state index in [0.717, 1.165) is 38.9 Å². The zero-order chi connectivity index (χ0) is 25.7. The summed E-state index contributed by atoms with van der Waals surface area (Å²) in [6, 6.07) is 4.94. The quantitative estimate of drug-likeness (QED) is 0.0966. The summed E-state index contributed by atoms with van der Waals surface area (Å²) in [6.45, 7) is 8.70. The molecule has 4 nitrogen and oxygen atoms in total. The molecule has 0 N–H and O–H groups in total. The monoisotopic (exact) mass is 721 g/mol. The number of alkyl halides is 5. The minimum atomic E-state index is -1.55. The number of carbonyl (C=O) groups is 2. The number of anilines is 1. The van der Waals surface area contributed by atoms with Gasteiger partial charge in [-0.1, -0.05) is 0 Å². The Labute approximate surface area is 229 Å². The summed E-state index contributed by atoms with van der Waals surface area (Å²) in [7, 11) is 0. The van der Waals surface area contributed by atoms with Gasteiger partial charge in [0.15, 0.2) is 0 Å². The molecule has 0 aromatic heterocycles. The molecule has 1 amide bonds. The van der Waals surface area contributed by atoms with Crippen LogP contribution in [-0.4, -0.2) is 45.2 Å². The van der Waals surface area contributed by atoms with Gasteiger partial charge in [-0.25, -0.2) is 0 Å². The predicted molar refractivity (Wildman–Crippen MR) is 165 cm³/mol. The van der Waals surface area contributed by atoms with Gasteiger partial charge in [-0.2, -0.15) is 0 Å². The van der Waals surface area contributed by atoms with Gasteiger partial charge in [0.1, 0.15) is 0 Å². The van der Waals surface area contributed by atoms with Gasteiger partial charge in [0.25, 0.3) is 0 Å². The number of halogens is 3. The van der Waals surface area contributed by atoms with E-state index in [-0.39, 0.29) is 21.1 Å². The molecule has 2 fully saturated rings. The molecule has 36 heavy (non-hydrogen) atoms. The second-order valence-corrected chi connectivity index (χ2v) is 21.7. The number of benzene rings is 1. The van der Waals surface area contributed by atoms with Gasteiger partial charge < -0.3 is 0 Å². The molecule has 0 aliphatic carbocycles. The van der Waals surface area contributed by atoms with Crippen molar-refractivity contribution in [3.8, 4) is 0 Å². The molecule has 0 saturated carbocycles. The van der Waals surface area contributed by atoms with Crippen LogP contribution in [0.3, 0.4) is 0 Å². The molecule has 198 valence electrons. The van der Waals surface area contributed by atoms with Crippen LogP contribution in [0.4, 0.5) is 14.9 Å². The summed E-state index contributed by atoms with van der Waals surface area (Å²) >= 11 is -2.64. The standard InChI is InChI=1S/C29H38FI2NO3/c1-4-7-23(8-5-2)27(34)33-21-29(25-19-24(30)9-10-26(25)33)13-17-31(18-14-29)20-22-11-15-32(16-12-22)28(35)36-6-3/h4-5,7-10,19,22H,1,6,11-18,20-21H2,2-3H3/b8-5-,23-7+. The van der Waals surface area contributed by atoms with E-state index in [9.17, 15) is 14.0 Å². The van der Waals surface area contributed by atoms with E-state index in [1.165, 1.54) is 32.2 Å². The number of carbonyl (C=O) groups excluding carboxylic acids is 2. The van der Waals surface area contributed by atoms with Crippen LogP contribution in [0.2, 0.25) is 0 Å². The molecular weight excluding hydrogens is 683 g/mol. The topological polar surface area (TPSA) is 46.6 Å². The van der Waals surface area contributed by atoms with Gasteiger partial charge in [-0.15, -0.1) is 0 Å². The number of allylic oxidation sites excluding steroid dienone is 3. The SMILES string of the molecule is C=C/C=C(\C=C/C)C(=O)N1CC2(CCI(CC3CCI(C(=O)OCC)CC3)CC2)c2cc(F)ccc21. The number of amides is 1. The number of rotatable bonds is 7. The van der Waals surface area contributed by atoms with Gasteiger partial charge in [-0.05, 0) is 0 Å². The molecule has 2 saturated heterocycles. The Morgan fingerprint density at radius 3 is 2.58 bits per heavy atom. The first-order valence-corrected chi connectivity index (χ1v) is 21.5. The Kier molecular flexibility index (Phi) is 9.68. The summed E-state index contributed by atoms with van der Waals surface area (Å²) in [5, 5.41) is 0. The van der Waals surface area contributed by atoms with E-state index in [4.69, 9.17) is 4.74 Å². The van der Waals surface area contributed by atoms with Gasteiger partial charge >= 0.3 is 231 Å². The Bertz CT molecular complexity index is 1040. The van der Waals surface area contributed by atoms with Crippen LogP contribution in [0, 0.1) is 11.7 Å². The fourth-order valence-electron chi connectivity index (χ4n) is 5.53. The van der Waals surface area contributed by atoms with Crippen molar-refractivity contribution in [1.29, 1.82) is 0 Å². The number of fused-ring (bicyclic) bond motifs is 2. The van der Waals surface area contributed by atoms with Crippen LogP contribution in [0.15, 0.2) is 54.7 Å². The maximum atomic E-state index is 14.4. The Balaban J connectivity index is 1.42. The Hall–Kier alpha value is -1.23. The molecule has 3 aliphatic rings. The summed E-state index contributed by atoms with van der Waals surface area (Å²) in [5.41, 5.74) is 2.36. The fourth-order valence-corrected chi connectivity index (χ4v) is 18.6. The first-order chi connectivity index (χ1) is 17.4. The third kappa shape index (κ3) is 6.08. The number of hydrogen-bond donors (Lipinski definition) is 0. The van der Waals surface area contributed by atoms with Crippen molar-refractivity contribution in [1.82, 2.24) is 0 Å². The van der Waals surface area contributed by atoms with Gasteiger partial charge in [0.05, 0.1) is 0 Å². The fraction of sp³-hybridized carbons (Fsp3) is 0.517. The van der Waals surface area contributed by atoms with E-state index in [2.05, 4.69) is 6.58 Å². The van der Waals surface area contributed by atoms with E-state index < -0.39 is 39.6 Å². The van der Waals surface area contributed by atoms with Crippen molar-refractivity contribution in [2.45, 2.75) is 44.9 Å². The molecule has 1 spiro atoms. The van der Waals surface area contributed by atoms with E-state index in [0.29, 0.717) is 18.7 Å². The Morgan fingerprint density at radius 2 is 1.94 bits per heavy atom. The number of hydrogen-bond acceptors (Lipinski definition) is 3. The molecule has 0 unspecified atom stereocenters. The van der Waals surface area contributed by atoms with E-state index in [1.807, 2.05) is 30.9 Å². The molecule has 3 heterocycles. The molecule has 7 heteroatoms. The molecule has 3 aliphatic heterocycles. The van der Waals surface area contributed by atoms with E-state index in [1.54, 1.807) is 24.3 Å². The average molecular weight is 721 g/mol. The van der Waals surface area contributed by atoms with E-state index >= 15 is 0 Å². The summed E-state index contributed by atoms with van der Waals surface area (Å²) in [4.78, 5) is 27.5. The predicted octanol–water partition coefficient (Wildman–Crippen LogP) is 7.47. The minimum absolute atomic E-state index is 0.0401. The zero-order valence-corrected chi connectivity index (χ0v) is 25.7. The Morgan fingerprint density at radius 1 is 1.22 bits per heavy atom. The van der Waals surface area contributed by atoms with Crippen molar-refractivity contribution in [3.63, 3.8) is 0 Å². The van der Waals surface area contributed by atoms with Gasteiger partial charge in [0, 0.05) is 0 Å². The molecular formula is C29H38FI2NO3. The van der Waals surface area contributed by atoms with Crippen LogP contribution < -0.4 is 4.90 Å². The first kappa shape index (κ1) is 27.8. The molecule has 1 aromatic rings. The van der Waals surface area contributed by atoms with Crippen LogP contribution in [0.1, 0.15) is 45.1 Å². The second-order valence-electron chi connectivity index (χ2n) is 9.74. The summed E-state index contributed by atoms with van der Waals surface area (Å²) in [5.74, 6) is 0.523. The molecule has 0 bridgehead atoms. The van der Waals surface area contributed by atoms with Gasteiger partial charge in [0.2, 0.25) is 0 Å².